The van der Waals surface area contributed by atoms with Crippen LogP contribution in [0.2, 0.25) is 0 Å². The molecule has 0 bridgehead atoms. The summed E-state index contributed by atoms with van der Waals surface area (Å²) in [4.78, 5) is 13.1. The molecule has 0 radical (unpaired) electrons. The normalized spacial score (nSPS) is 32.5. The minimum absolute atomic E-state index is 0.0151. The molecule has 0 amide bonds. The van der Waals surface area contributed by atoms with E-state index >= 15 is 0 Å². The highest BCUT2D eigenvalue weighted by Gasteiger charge is 2.65. The molecule has 3 aromatic heterocycles. The zero-order chi connectivity index (χ0) is 22.4. The number of hydrogen-bond acceptors (Lipinski definition) is 7. The van der Waals surface area contributed by atoms with Crippen LogP contribution in [0.1, 0.15) is 44.7 Å². The second-order valence-corrected chi connectivity index (χ2v) is 11.4. The summed E-state index contributed by atoms with van der Waals surface area (Å²) >= 11 is 1.72. The molecule has 1 saturated heterocycles. The molecule has 1 aromatic carbocycles. The van der Waals surface area contributed by atoms with Crippen molar-refractivity contribution in [2.45, 2.75) is 63.6 Å². The molecule has 2 aliphatic carbocycles. The number of thiazole rings is 1. The number of nitrogens with two attached hydrogens (primary N) is 1. The molecule has 2 saturated carbocycles. The van der Waals surface area contributed by atoms with Crippen molar-refractivity contribution in [2.24, 2.45) is 11.3 Å². The summed E-state index contributed by atoms with van der Waals surface area (Å²) < 4.78 is 16.6. The summed E-state index contributed by atoms with van der Waals surface area (Å²) in [6.45, 7) is 4.06. The van der Waals surface area contributed by atoms with Crippen molar-refractivity contribution in [2.75, 3.05) is 5.73 Å². The van der Waals surface area contributed by atoms with Gasteiger partial charge in [-0.2, -0.15) is 0 Å². The minimum atomic E-state index is -0.569. The lowest BCUT2D eigenvalue weighted by Crippen LogP contribution is -2.46. The van der Waals surface area contributed by atoms with Crippen molar-refractivity contribution in [3.8, 4) is 0 Å². The highest BCUT2D eigenvalue weighted by molar-refractivity contribution is 7.16. The van der Waals surface area contributed by atoms with E-state index in [4.69, 9.17) is 15.2 Å². The first-order valence-corrected chi connectivity index (χ1v) is 12.5. The van der Waals surface area contributed by atoms with Gasteiger partial charge in [0.25, 0.3) is 0 Å². The van der Waals surface area contributed by atoms with Crippen molar-refractivity contribution in [3.63, 3.8) is 0 Å². The molecular formula is C25H27N5O2S. The third-order valence-electron chi connectivity index (χ3n) is 7.94. The molecule has 8 heteroatoms. The fourth-order valence-corrected chi connectivity index (χ4v) is 7.44. The highest BCUT2D eigenvalue weighted by Crippen LogP contribution is 2.64. The van der Waals surface area contributed by atoms with Gasteiger partial charge in [-0.25, -0.2) is 15.0 Å². The van der Waals surface area contributed by atoms with E-state index in [0.717, 1.165) is 29.4 Å². The molecule has 1 aliphatic heterocycles. The van der Waals surface area contributed by atoms with E-state index in [9.17, 15) is 0 Å². The summed E-state index contributed by atoms with van der Waals surface area (Å²) in [6.07, 6.45) is 8.24. The number of aromatic nitrogens is 4. The van der Waals surface area contributed by atoms with Crippen molar-refractivity contribution >= 4 is 38.4 Å². The largest absolute Gasteiger partial charge is 0.383 e. The Morgan fingerprint density at radius 1 is 1.12 bits per heavy atom. The summed E-state index contributed by atoms with van der Waals surface area (Å²) in [6, 6.07) is 8.90. The van der Waals surface area contributed by atoms with Crippen LogP contribution in [0.15, 0.2) is 42.3 Å². The molecule has 1 spiro atoms. The second kappa shape index (κ2) is 6.74. The van der Waals surface area contributed by atoms with Crippen molar-refractivity contribution in [1.82, 2.24) is 19.5 Å². The smallest absolute Gasteiger partial charge is 0.163 e. The van der Waals surface area contributed by atoms with E-state index in [1.165, 1.54) is 23.1 Å². The van der Waals surface area contributed by atoms with Gasteiger partial charge >= 0.3 is 0 Å². The Morgan fingerprint density at radius 2 is 2.00 bits per heavy atom. The number of anilines is 1. The summed E-state index contributed by atoms with van der Waals surface area (Å²) in [5.41, 5.74) is 11.6. The number of nitrogens with zero attached hydrogens (tertiary/aromatic N) is 4. The van der Waals surface area contributed by atoms with Crippen molar-refractivity contribution in [1.29, 1.82) is 0 Å². The molecule has 3 atom stereocenters. The molecule has 0 unspecified atom stereocenters. The van der Waals surface area contributed by atoms with Gasteiger partial charge in [-0.15, -0.1) is 11.3 Å². The summed E-state index contributed by atoms with van der Waals surface area (Å²) in [5.74, 6) is 0.621. The zero-order valence-corrected chi connectivity index (χ0v) is 19.6. The van der Waals surface area contributed by atoms with Crippen LogP contribution < -0.4 is 5.73 Å². The van der Waals surface area contributed by atoms with Crippen molar-refractivity contribution in [3.05, 3.63) is 47.9 Å². The number of ether oxygens (including phenoxy) is 2. The topological polar surface area (TPSA) is 88.1 Å². The van der Waals surface area contributed by atoms with Gasteiger partial charge in [0.2, 0.25) is 0 Å². The number of benzene rings is 1. The van der Waals surface area contributed by atoms with E-state index in [0.29, 0.717) is 11.7 Å². The van der Waals surface area contributed by atoms with Gasteiger partial charge in [-0.05, 0) is 69.2 Å². The maximum absolute atomic E-state index is 6.54. The van der Waals surface area contributed by atoms with Gasteiger partial charge in [0.15, 0.2) is 5.79 Å². The predicted octanol–water partition coefficient (Wildman–Crippen LogP) is 4.73. The minimum Gasteiger partial charge on any atom is -0.383 e. The van der Waals surface area contributed by atoms with Crippen LogP contribution in [0.5, 0.6) is 0 Å². The Kier molecular flexibility index (Phi) is 4.06. The Balaban J connectivity index is 1.17. The van der Waals surface area contributed by atoms with E-state index < -0.39 is 5.79 Å². The number of rotatable bonds is 3. The standard InChI is InChI=1S/C25H27N5O2S/c1-24(2)31-20-18(30-6-5-16-22(26)27-12-28-23(16)30)11-25(21(20)32-24)9-15(10-25)7-14-3-4-17-19(8-14)33-13-29-17/h3-6,8,12-13,15,18,20-21H,7,9-11H2,1-2H3,(H2,26,27,28)/t15?,18-,20+,21+,25?/m1/s1. The Bertz CT molecular complexity index is 1370. The third-order valence-corrected chi connectivity index (χ3v) is 8.73. The first-order chi connectivity index (χ1) is 15.9. The van der Waals surface area contributed by atoms with Crippen LogP contribution in [0, 0.1) is 11.3 Å². The molecule has 3 fully saturated rings. The SMILES string of the molecule is CC1(C)O[C@H]2[C@H](n3ccc4c(N)ncnc43)CC3(CC(Cc4ccc5ncsc5c4)C3)[C@H]2O1. The Labute approximate surface area is 195 Å². The van der Waals surface area contributed by atoms with Gasteiger partial charge in [0.1, 0.15) is 23.9 Å². The fourth-order valence-electron chi connectivity index (χ4n) is 6.70. The summed E-state index contributed by atoms with van der Waals surface area (Å²) in [7, 11) is 0. The second-order valence-electron chi connectivity index (χ2n) is 10.5. The fraction of sp³-hybridized carbons (Fsp3) is 0.480. The highest BCUT2D eigenvalue weighted by atomic mass is 32.1. The first-order valence-electron chi connectivity index (χ1n) is 11.7. The van der Waals surface area contributed by atoms with Crippen LogP contribution in [0.25, 0.3) is 21.3 Å². The Morgan fingerprint density at radius 3 is 2.88 bits per heavy atom. The molecule has 33 heavy (non-hydrogen) atoms. The molecule has 4 aromatic rings. The average Bonchev–Trinajstić information content (AvgIpc) is 3.50. The molecule has 4 heterocycles. The molecule has 3 aliphatic rings. The Hall–Kier alpha value is -2.55. The van der Waals surface area contributed by atoms with E-state index in [1.807, 2.05) is 25.4 Å². The maximum atomic E-state index is 6.54. The lowest BCUT2D eigenvalue weighted by Gasteiger charge is -2.49. The molecule has 7 nitrogen and oxygen atoms in total. The van der Waals surface area contributed by atoms with Crippen LogP contribution in [-0.4, -0.2) is 37.5 Å². The first kappa shape index (κ1) is 19.9. The lowest BCUT2D eigenvalue weighted by atomic mass is 9.58. The van der Waals surface area contributed by atoms with Gasteiger partial charge in [-0.3, -0.25) is 0 Å². The average molecular weight is 462 g/mol. The van der Waals surface area contributed by atoms with E-state index in [1.54, 1.807) is 17.7 Å². The molecule has 2 N–H and O–H groups in total. The van der Waals surface area contributed by atoms with Crippen LogP contribution in [-0.2, 0) is 15.9 Å². The van der Waals surface area contributed by atoms with Gasteiger partial charge < -0.3 is 19.8 Å². The maximum Gasteiger partial charge on any atom is 0.163 e. The number of hydrogen-bond donors (Lipinski definition) is 1. The van der Waals surface area contributed by atoms with E-state index in [-0.39, 0.29) is 23.7 Å². The number of nitrogen functional groups attached to an aromatic ring is 1. The van der Waals surface area contributed by atoms with E-state index in [2.05, 4.69) is 43.9 Å². The van der Waals surface area contributed by atoms with Crippen molar-refractivity contribution < 1.29 is 9.47 Å². The van der Waals surface area contributed by atoms with Crippen LogP contribution in [0.4, 0.5) is 5.82 Å². The molecule has 170 valence electrons. The predicted molar refractivity (Wildman–Crippen MR) is 128 cm³/mol. The summed E-state index contributed by atoms with van der Waals surface area (Å²) in [5, 5.41) is 0.901. The van der Waals surface area contributed by atoms with Gasteiger partial charge in [0.05, 0.1) is 33.3 Å². The van der Waals surface area contributed by atoms with Gasteiger partial charge in [-0.1, -0.05) is 6.07 Å². The monoisotopic (exact) mass is 461 g/mol. The third kappa shape index (κ3) is 2.97. The lowest BCUT2D eigenvalue weighted by molar-refractivity contribution is -0.181. The molecule has 7 rings (SSSR count). The zero-order valence-electron chi connectivity index (χ0n) is 18.8. The van der Waals surface area contributed by atoms with Gasteiger partial charge in [0, 0.05) is 11.6 Å². The molecular weight excluding hydrogens is 434 g/mol. The quantitative estimate of drug-likeness (QED) is 0.475. The van der Waals surface area contributed by atoms with Crippen LogP contribution in [0.3, 0.4) is 0 Å². The van der Waals surface area contributed by atoms with Crippen LogP contribution >= 0.6 is 11.3 Å². The number of fused-ring (bicyclic) bond motifs is 4.